The molecule has 1 aliphatic heterocycles. The van der Waals surface area contributed by atoms with E-state index in [1.165, 1.54) is 11.3 Å². The number of carbonyl (C=O) groups is 2. The third kappa shape index (κ3) is 7.81. The molecule has 6 atom stereocenters. The Morgan fingerprint density at radius 2 is 1.83 bits per heavy atom. The summed E-state index contributed by atoms with van der Waals surface area (Å²) in [6.07, 6.45) is 1.23. The molecule has 1 aliphatic rings. The standard InChI is InChI=1S/C27H41NO6S/c1-15-9-11-22(17(3)12-20-14-35-19(5)28-20)34-24(31)13-23(30)27(6,7)26(33)18(4)25(32)16(2)8-10-21(15)29/h9,12,14,16,18,21-23,25,29-30,32H,8,10-11,13H2,1-7H3/b15-9-,17-12+/t16-,18+,21-,22?,23-,25-/m0/s1. The van der Waals surface area contributed by atoms with E-state index < -0.39 is 41.7 Å². The summed E-state index contributed by atoms with van der Waals surface area (Å²) in [5.74, 6) is -1.88. The molecular formula is C27H41NO6S. The first-order valence-electron chi connectivity index (χ1n) is 12.3. The first kappa shape index (κ1) is 29.4. The van der Waals surface area contributed by atoms with E-state index in [0.717, 1.165) is 21.8 Å². The van der Waals surface area contributed by atoms with Crippen LogP contribution in [0, 0.1) is 24.2 Å². The molecule has 0 aliphatic carbocycles. The second kappa shape index (κ2) is 12.4. The van der Waals surface area contributed by atoms with Crippen molar-refractivity contribution < 1.29 is 29.6 Å². The van der Waals surface area contributed by atoms with Crippen LogP contribution in [0.3, 0.4) is 0 Å². The molecule has 0 fully saturated rings. The van der Waals surface area contributed by atoms with Gasteiger partial charge in [0.05, 0.1) is 40.8 Å². The second-order valence-corrected chi connectivity index (χ2v) is 11.6. The lowest BCUT2D eigenvalue weighted by molar-refractivity contribution is -0.154. The molecule has 0 saturated heterocycles. The molecule has 2 rings (SSSR count). The van der Waals surface area contributed by atoms with Gasteiger partial charge in [-0.05, 0) is 56.8 Å². The van der Waals surface area contributed by atoms with Gasteiger partial charge in [-0.25, -0.2) is 4.98 Å². The Bertz CT molecular complexity index is 949. The molecule has 8 heteroatoms. The van der Waals surface area contributed by atoms with E-state index in [0.29, 0.717) is 19.3 Å². The van der Waals surface area contributed by atoms with E-state index >= 15 is 0 Å². The average Bonchev–Trinajstić information content (AvgIpc) is 3.21. The molecule has 0 bridgehead atoms. The molecule has 0 spiro atoms. The number of hydrogen-bond donors (Lipinski definition) is 3. The second-order valence-electron chi connectivity index (χ2n) is 10.5. The van der Waals surface area contributed by atoms with Crippen LogP contribution in [0.5, 0.6) is 0 Å². The van der Waals surface area contributed by atoms with Crippen LogP contribution in [0.2, 0.25) is 0 Å². The van der Waals surface area contributed by atoms with Gasteiger partial charge in [-0.1, -0.05) is 33.8 Å². The number of aromatic nitrogens is 1. The highest BCUT2D eigenvalue weighted by atomic mass is 32.1. The van der Waals surface area contributed by atoms with Crippen molar-refractivity contribution in [1.29, 1.82) is 0 Å². The fourth-order valence-corrected chi connectivity index (χ4v) is 4.94. The molecule has 0 radical (unpaired) electrons. The van der Waals surface area contributed by atoms with E-state index in [9.17, 15) is 24.9 Å². The van der Waals surface area contributed by atoms with E-state index in [4.69, 9.17) is 4.74 Å². The third-order valence-electron chi connectivity index (χ3n) is 7.21. The summed E-state index contributed by atoms with van der Waals surface area (Å²) in [6.45, 7) is 12.3. The van der Waals surface area contributed by atoms with Crippen molar-refractivity contribution in [2.24, 2.45) is 17.3 Å². The highest BCUT2D eigenvalue weighted by Gasteiger charge is 2.42. The number of cyclic esters (lactones) is 1. The number of rotatable bonds is 2. The molecule has 196 valence electrons. The van der Waals surface area contributed by atoms with Gasteiger partial charge in [0.2, 0.25) is 0 Å². The lowest BCUT2D eigenvalue weighted by Crippen LogP contribution is -2.45. The van der Waals surface area contributed by atoms with Gasteiger partial charge in [-0.2, -0.15) is 0 Å². The minimum atomic E-state index is -1.26. The summed E-state index contributed by atoms with van der Waals surface area (Å²) in [5, 5.41) is 35.1. The number of Topliss-reactive ketones (excluding diaryl/α,β-unsaturated/α-hetero) is 1. The number of hydrogen-bond acceptors (Lipinski definition) is 8. The average molecular weight is 508 g/mol. The lowest BCUT2D eigenvalue weighted by Gasteiger charge is -2.34. The molecule has 7 nitrogen and oxygen atoms in total. The first-order valence-corrected chi connectivity index (χ1v) is 13.2. The van der Waals surface area contributed by atoms with Crippen molar-refractivity contribution >= 4 is 29.2 Å². The van der Waals surface area contributed by atoms with Crippen molar-refractivity contribution in [2.75, 3.05) is 0 Å². The zero-order chi connectivity index (χ0) is 26.5. The van der Waals surface area contributed by atoms with Crippen LogP contribution in [0.1, 0.15) is 77.9 Å². The van der Waals surface area contributed by atoms with E-state index in [-0.39, 0.29) is 18.1 Å². The minimum absolute atomic E-state index is 0.221. The van der Waals surface area contributed by atoms with Gasteiger partial charge in [-0.3, -0.25) is 9.59 Å². The Kier molecular flexibility index (Phi) is 10.4. The van der Waals surface area contributed by atoms with Crippen molar-refractivity contribution in [2.45, 2.75) is 98.6 Å². The summed E-state index contributed by atoms with van der Waals surface area (Å²) < 4.78 is 5.76. The summed E-state index contributed by atoms with van der Waals surface area (Å²) in [5.41, 5.74) is 1.08. The Labute approximate surface area is 212 Å². The van der Waals surface area contributed by atoms with Crippen LogP contribution in [-0.4, -0.2) is 56.5 Å². The predicted molar refractivity (Wildman–Crippen MR) is 138 cm³/mol. The molecule has 2 heterocycles. The Morgan fingerprint density at radius 1 is 1.17 bits per heavy atom. The zero-order valence-electron chi connectivity index (χ0n) is 21.9. The van der Waals surface area contributed by atoms with Gasteiger partial charge in [0.15, 0.2) is 0 Å². The summed E-state index contributed by atoms with van der Waals surface area (Å²) in [7, 11) is 0. The van der Waals surface area contributed by atoms with Gasteiger partial charge in [0.1, 0.15) is 11.9 Å². The highest BCUT2D eigenvalue weighted by molar-refractivity contribution is 7.09. The van der Waals surface area contributed by atoms with Crippen LogP contribution in [0.25, 0.3) is 6.08 Å². The highest BCUT2D eigenvalue weighted by Crippen LogP contribution is 2.32. The molecular weight excluding hydrogens is 466 g/mol. The van der Waals surface area contributed by atoms with Crippen LogP contribution in [-0.2, 0) is 14.3 Å². The van der Waals surface area contributed by atoms with Crippen LogP contribution >= 0.6 is 11.3 Å². The number of nitrogens with zero attached hydrogens (tertiary/aromatic N) is 1. The quantitative estimate of drug-likeness (QED) is 0.405. The van der Waals surface area contributed by atoms with Crippen molar-refractivity contribution in [3.05, 3.63) is 33.3 Å². The van der Waals surface area contributed by atoms with E-state index in [1.54, 1.807) is 20.8 Å². The molecule has 35 heavy (non-hydrogen) atoms. The maximum absolute atomic E-state index is 13.2. The van der Waals surface area contributed by atoms with Gasteiger partial charge in [-0.15, -0.1) is 11.3 Å². The molecule has 1 aromatic rings. The van der Waals surface area contributed by atoms with Gasteiger partial charge in [0, 0.05) is 17.7 Å². The number of thiazole rings is 1. The molecule has 0 aromatic carbocycles. The molecule has 0 amide bonds. The first-order chi connectivity index (χ1) is 16.2. The largest absolute Gasteiger partial charge is 0.457 e. The van der Waals surface area contributed by atoms with Crippen molar-refractivity contribution in [3.63, 3.8) is 0 Å². The fraction of sp³-hybridized carbons (Fsp3) is 0.667. The van der Waals surface area contributed by atoms with Gasteiger partial charge >= 0.3 is 5.97 Å². The Morgan fingerprint density at radius 3 is 2.43 bits per heavy atom. The van der Waals surface area contributed by atoms with Gasteiger partial charge < -0.3 is 20.1 Å². The number of aryl methyl sites for hydroxylation is 1. The van der Waals surface area contributed by atoms with Gasteiger partial charge in [0.25, 0.3) is 0 Å². The van der Waals surface area contributed by atoms with Crippen LogP contribution < -0.4 is 0 Å². The number of aliphatic hydroxyl groups excluding tert-OH is 3. The monoisotopic (exact) mass is 507 g/mol. The van der Waals surface area contributed by atoms with E-state index in [2.05, 4.69) is 4.98 Å². The van der Waals surface area contributed by atoms with Crippen LogP contribution in [0.4, 0.5) is 0 Å². The van der Waals surface area contributed by atoms with Crippen LogP contribution in [0.15, 0.2) is 22.6 Å². The molecule has 1 aromatic heterocycles. The minimum Gasteiger partial charge on any atom is -0.457 e. The van der Waals surface area contributed by atoms with Crippen molar-refractivity contribution in [1.82, 2.24) is 4.98 Å². The molecule has 0 saturated carbocycles. The Balaban J connectivity index is 2.38. The number of aliphatic hydroxyl groups is 3. The SMILES string of the molecule is C/C1=C/CC(/C(C)=C/c2csc(C)n2)OC(=O)C[C@H](O)C(C)(C)C(=O)[C@H](C)[C@@H](O)[C@@H](C)CC[C@@H]1O. The van der Waals surface area contributed by atoms with Crippen molar-refractivity contribution in [3.8, 4) is 0 Å². The summed E-state index contributed by atoms with van der Waals surface area (Å²) >= 11 is 1.53. The third-order valence-corrected chi connectivity index (χ3v) is 8.00. The number of ketones is 1. The summed E-state index contributed by atoms with van der Waals surface area (Å²) in [6, 6.07) is 0. The number of ether oxygens (including phenoxy) is 1. The predicted octanol–water partition coefficient (Wildman–Crippen LogP) is 4.24. The lowest BCUT2D eigenvalue weighted by atomic mass is 9.73. The maximum Gasteiger partial charge on any atom is 0.309 e. The Hall–Kier alpha value is -1.87. The maximum atomic E-state index is 13.2. The number of carbonyl (C=O) groups excluding carboxylic acids is 2. The summed E-state index contributed by atoms with van der Waals surface area (Å²) in [4.78, 5) is 30.5. The number of esters is 1. The topological polar surface area (TPSA) is 117 Å². The smallest absolute Gasteiger partial charge is 0.309 e. The molecule has 3 N–H and O–H groups in total. The fourth-order valence-electron chi connectivity index (χ4n) is 4.37. The molecule has 1 unspecified atom stereocenters. The normalized spacial score (nSPS) is 33.7. The zero-order valence-corrected chi connectivity index (χ0v) is 22.8. The van der Waals surface area contributed by atoms with E-state index in [1.807, 2.05) is 45.2 Å².